The highest BCUT2D eigenvalue weighted by molar-refractivity contribution is 7.11. The van der Waals surface area contributed by atoms with E-state index in [0.717, 1.165) is 11.4 Å². The summed E-state index contributed by atoms with van der Waals surface area (Å²) in [5, 5.41) is 4.35. The van der Waals surface area contributed by atoms with Crippen molar-refractivity contribution in [3.05, 3.63) is 52.0 Å². The van der Waals surface area contributed by atoms with Crippen LogP contribution in [0.25, 0.3) is 0 Å². The van der Waals surface area contributed by atoms with Crippen molar-refractivity contribution in [2.24, 2.45) is 11.8 Å². The van der Waals surface area contributed by atoms with E-state index in [-0.39, 0.29) is 17.9 Å². The van der Waals surface area contributed by atoms with Gasteiger partial charge < -0.3 is 5.32 Å². The third kappa shape index (κ3) is 2.80. The molecule has 2 fully saturated rings. The SMILES string of the molecule is Cc1cnc([C@H](NC(=O)[C@H]2C[C@H]2c2ccccc2)C2CC2)s1. The number of thiazole rings is 1. The van der Waals surface area contributed by atoms with Gasteiger partial charge in [0.1, 0.15) is 5.01 Å². The number of rotatable bonds is 5. The van der Waals surface area contributed by atoms with Gasteiger partial charge in [0.05, 0.1) is 6.04 Å². The van der Waals surface area contributed by atoms with Gasteiger partial charge in [0.25, 0.3) is 0 Å². The zero-order chi connectivity index (χ0) is 15.1. The number of amides is 1. The molecule has 0 unspecified atom stereocenters. The predicted octanol–water partition coefficient (Wildman–Crippen LogP) is 3.82. The Balaban J connectivity index is 1.43. The summed E-state index contributed by atoms with van der Waals surface area (Å²) >= 11 is 1.71. The first-order valence-corrected chi connectivity index (χ1v) is 8.81. The quantitative estimate of drug-likeness (QED) is 0.912. The van der Waals surface area contributed by atoms with E-state index in [2.05, 4.69) is 29.4 Å². The molecule has 4 heteroatoms. The molecule has 1 heterocycles. The summed E-state index contributed by atoms with van der Waals surface area (Å²) < 4.78 is 0. The molecule has 0 spiro atoms. The molecule has 1 aromatic heterocycles. The lowest BCUT2D eigenvalue weighted by molar-refractivity contribution is -0.123. The highest BCUT2D eigenvalue weighted by Gasteiger charge is 2.46. The monoisotopic (exact) mass is 312 g/mol. The molecule has 0 saturated heterocycles. The van der Waals surface area contributed by atoms with E-state index in [1.165, 1.54) is 23.3 Å². The number of nitrogens with zero attached hydrogens (tertiary/aromatic N) is 1. The molecule has 4 rings (SSSR count). The van der Waals surface area contributed by atoms with Crippen molar-refractivity contribution in [3.8, 4) is 0 Å². The Bertz CT molecular complexity index is 677. The molecule has 2 aliphatic carbocycles. The normalized spacial score (nSPS) is 24.8. The van der Waals surface area contributed by atoms with Gasteiger partial charge in [-0.15, -0.1) is 11.3 Å². The van der Waals surface area contributed by atoms with Crippen LogP contribution in [-0.2, 0) is 4.79 Å². The van der Waals surface area contributed by atoms with Gasteiger partial charge in [-0.05, 0) is 43.6 Å². The number of carbonyl (C=O) groups is 1. The summed E-state index contributed by atoms with van der Waals surface area (Å²) in [6.45, 7) is 2.07. The second kappa shape index (κ2) is 5.51. The van der Waals surface area contributed by atoms with E-state index in [1.807, 2.05) is 24.4 Å². The van der Waals surface area contributed by atoms with Gasteiger partial charge in [-0.3, -0.25) is 4.79 Å². The topological polar surface area (TPSA) is 42.0 Å². The van der Waals surface area contributed by atoms with Gasteiger partial charge in [0.15, 0.2) is 0 Å². The fraction of sp³-hybridized carbons (Fsp3) is 0.444. The van der Waals surface area contributed by atoms with Gasteiger partial charge in [-0.1, -0.05) is 30.3 Å². The van der Waals surface area contributed by atoms with Gasteiger partial charge in [-0.25, -0.2) is 4.98 Å². The molecule has 3 atom stereocenters. The Morgan fingerprint density at radius 3 is 2.73 bits per heavy atom. The lowest BCUT2D eigenvalue weighted by Crippen LogP contribution is -2.31. The smallest absolute Gasteiger partial charge is 0.224 e. The molecule has 2 saturated carbocycles. The first kappa shape index (κ1) is 13.9. The molecule has 22 heavy (non-hydrogen) atoms. The van der Waals surface area contributed by atoms with Gasteiger partial charge in [0, 0.05) is 17.0 Å². The first-order chi connectivity index (χ1) is 10.7. The van der Waals surface area contributed by atoms with Crippen LogP contribution < -0.4 is 5.32 Å². The molecule has 114 valence electrons. The number of aryl methyl sites for hydroxylation is 1. The third-order valence-corrected chi connectivity index (χ3v) is 5.65. The average Bonchev–Trinajstić information content (AvgIpc) is 3.44. The summed E-state index contributed by atoms with van der Waals surface area (Å²) in [4.78, 5) is 18.3. The fourth-order valence-corrected chi connectivity index (χ4v) is 4.06. The van der Waals surface area contributed by atoms with Gasteiger partial charge in [-0.2, -0.15) is 0 Å². The number of hydrogen-bond donors (Lipinski definition) is 1. The molecule has 2 aliphatic rings. The summed E-state index contributed by atoms with van der Waals surface area (Å²) in [5.41, 5.74) is 1.29. The van der Waals surface area contributed by atoms with Crippen LogP contribution in [0.15, 0.2) is 36.5 Å². The number of nitrogens with one attached hydrogen (secondary N) is 1. The second-order valence-corrected chi connectivity index (χ2v) is 7.76. The van der Waals surface area contributed by atoms with Crippen molar-refractivity contribution in [1.82, 2.24) is 10.3 Å². The summed E-state index contributed by atoms with van der Waals surface area (Å²) in [5.74, 6) is 1.34. The lowest BCUT2D eigenvalue weighted by atomic mass is 10.1. The minimum Gasteiger partial charge on any atom is -0.346 e. The van der Waals surface area contributed by atoms with Crippen molar-refractivity contribution < 1.29 is 4.79 Å². The van der Waals surface area contributed by atoms with Crippen LogP contribution >= 0.6 is 11.3 Å². The standard InChI is InChI=1S/C18H20N2OS/c1-11-10-19-18(22-11)16(13-7-8-13)20-17(21)15-9-14(15)12-5-3-2-4-6-12/h2-6,10,13-16H,7-9H2,1H3,(H,20,21)/t14-,15-,16+/m0/s1. The van der Waals surface area contributed by atoms with Crippen molar-refractivity contribution in [2.45, 2.75) is 38.1 Å². The highest BCUT2D eigenvalue weighted by Crippen LogP contribution is 2.49. The Morgan fingerprint density at radius 2 is 2.09 bits per heavy atom. The Kier molecular flexibility index (Phi) is 3.49. The van der Waals surface area contributed by atoms with Crippen molar-refractivity contribution in [1.29, 1.82) is 0 Å². The van der Waals surface area contributed by atoms with Crippen molar-refractivity contribution >= 4 is 17.2 Å². The maximum absolute atomic E-state index is 12.6. The summed E-state index contributed by atoms with van der Waals surface area (Å²) in [7, 11) is 0. The number of benzene rings is 1. The molecule has 0 bridgehead atoms. The number of hydrogen-bond acceptors (Lipinski definition) is 3. The Morgan fingerprint density at radius 1 is 1.32 bits per heavy atom. The summed E-state index contributed by atoms with van der Waals surface area (Å²) in [6.07, 6.45) is 5.29. The Hall–Kier alpha value is -1.68. The number of aromatic nitrogens is 1. The maximum atomic E-state index is 12.6. The minimum absolute atomic E-state index is 0.128. The molecule has 1 amide bonds. The van der Waals surface area contributed by atoms with Gasteiger partial charge in [0.2, 0.25) is 5.91 Å². The molecule has 0 aliphatic heterocycles. The van der Waals surface area contributed by atoms with E-state index in [4.69, 9.17) is 0 Å². The average molecular weight is 312 g/mol. The Labute approximate surface area is 134 Å². The zero-order valence-electron chi connectivity index (χ0n) is 12.7. The molecule has 1 aromatic carbocycles. The highest BCUT2D eigenvalue weighted by atomic mass is 32.1. The molecule has 1 N–H and O–H groups in total. The number of carbonyl (C=O) groups excluding carboxylic acids is 1. The van der Waals surface area contributed by atoms with E-state index in [0.29, 0.717) is 11.8 Å². The van der Waals surface area contributed by atoms with Gasteiger partial charge >= 0.3 is 0 Å². The van der Waals surface area contributed by atoms with Crippen LogP contribution in [0.3, 0.4) is 0 Å². The van der Waals surface area contributed by atoms with E-state index >= 15 is 0 Å². The van der Waals surface area contributed by atoms with Crippen LogP contribution in [0.4, 0.5) is 0 Å². The second-order valence-electron chi connectivity index (χ2n) is 6.49. The maximum Gasteiger partial charge on any atom is 0.224 e. The molecular formula is C18H20N2OS. The van der Waals surface area contributed by atoms with Crippen molar-refractivity contribution in [2.75, 3.05) is 0 Å². The third-order valence-electron chi connectivity index (χ3n) is 4.65. The molecule has 0 radical (unpaired) electrons. The van der Waals surface area contributed by atoms with Crippen LogP contribution in [-0.4, -0.2) is 10.9 Å². The molecule has 2 aromatic rings. The molecule has 3 nitrogen and oxygen atoms in total. The van der Waals surface area contributed by atoms with Crippen LogP contribution in [0.1, 0.15) is 46.7 Å². The van der Waals surface area contributed by atoms with E-state index in [1.54, 1.807) is 11.3 Å². The largest absolute Gasteiger partial charge is 0.346 e. The van der Waals surface area contributed by atoms with Crippen molar-refractivity contribution in [3.63, 3.8) is 0 Å². The summed E-state index contributed by atoms with van der Waals surface area (Å²) in [6, 6.07) is 10.5. The van der Waals surface area contributed by atoms with Crippen LogP contribution in [0.2, 0.25) is 0 Å². The minimum atomic E-state index is 0.128. The van der Waals surface area contributed by atoms with Crippen LogP contribution in [0, 0.1) is 18.8 Å². The lowest BCUT2D eigenvalue weighted by Gasteiger charge is -2.16. The zero-order valence-corrected chi connectivity index (χ0v) is 13.5. The van der Waals surface area contributed by atoms with E-state index in [9.17, 15) is 4.79 Å². The predicted molar refractivity (Wildman–Crippen MR) is 87.7 cm³/mol. The fourth-order valence-electron chi connectivity index (χ4n) is 3.14. The van der Waals surface area contributed by atoms with E-state index < -0.39 is 0 Å². The van der Waals surface area contributed by atoms with Crippen LogP contribution in [0.5, 0.6) is 0 Å². The molecular weight excluding hydrogens is 292 g/mol. The first-order valence-electron chi connectivity index (χ1n) is 8.00.